The standard InChI is InChI=1S/C18H32N6O.HI/c1-15(12-23-6-8-25-9-7-23)10-20-18(19-2)24-5-4-16(14-24)17-11-21-22(3)13-17;/h11,13,15-16H,4-10,12,14H2,1-3H3,(H,19,20);1H. The average Bonchev–Trinajstić information content (AvgIpc) is 3.25. The number of nitrogens with one attached hydrogen (secondary N) is 1. The van der Waals surface area contributed by atoms with Crippen molar-refractivity contribution in [2.75, 3.05) is 59.5 Å². The molecule has 1 N–H and O–H groups in total. The van der Waals surface area contributed by atoms with E-state index in [1.807, 2.05) is 25.0 Å². The molecule has 7 nitrogen and oxygen atoms in total. The first-order valence-electron chi connectivity index (χ1n) is 9.40. The van der Waals surface area contributed by atoms with Crippen LogP contribution in [0.3, 0.4) is 0 Å². The third-order valence-corrected chi connectivity index (χ3v) is 5.18. The average molecular weight is 476 g/mol. The van der Waals surface area contributed by atoms with Gasteiger partial charge in [-0.1, -0.05) is 6.92 Å². The molecule has 0 bridgehead atoms. The zero-order chi connectivity index (χ0) is 17.6. The molecule has 0 aromatic carbocycles. The number of hydrogen-bond donors (Lipinski definition) is 1. The number of likely N-dealkylation sites (tertiary alicyclic amines) is 1. The van der Waals surface area contributed by atoms with Crippen LogP contribution in [0.4, 0.5) is 0 Å². The summed E-state index contributed by atoms with van der Waals surface area (Å²) < 4.78 is 7.31. The summed E-state index contributed by atoms with van der Waals surface area (Å²) in [6, 6.07) is 0. The summed E-state index contributed by atoms with van der Waals surface area (Å²) in [4.78, 5) is 9.37. The zero-order valence-corrected chi connectivity index (χ0v) is 18.6. The van der Waals surface area contributed by atoms with E-state index < -0.39 is 0 Å². The molecule has 0 spiro atoms. The molecule has 2 unspecified atom stereocenters. The lowest BCUT2D eigenvalue weighted by Gasteiger charge is -2.30. The van der Waals surface area contributed by atoms with Crippen molar-refractivity contribution < 1.29 is 4.74 Å². The van der Waals surface area contributed by atoms with Crippen LogP contribution in [0.1, 0.15) is 24.8 Å². The third-order valence-electron chi connectivity index (χ3n) is 5.18. The second kappa shape index (κ2) is 10.5. The largest absolute Gasteiger partial charge is 0.379 e. The number of halogens is 1. The highest BCUT2D eigenvalue weighted by molar-refractivity contribution is 14.0. The zero-order valence-electron chi connectivity index (χ0n) is 16.2. The maximum Gasteiger partial charge on any atom is 0.193 e. The van der Waals surface area contributed by atoms with Gasteiger partial charge in [0.2, 0.25) is 0 Å². The second-order valence-electron chi connectivity index (χ2n) is 7.33. The molecule has 0 aliphatic carbocycles. The summed E-state index contributed by atoms with van der Waals surface area (Å²) >= 11 is 0. The van der Waals surface area contributed by atoms with E-state index in [2.05, 4.69) is 38.3 Å². The molecule has 0 amide bonds. The van der Waals surface area contributed by atoms with Crippen molar-refractivity contribution in [1.82, 2.24) is 24.9 Å². The van der Waals surface area contributed by atoms with Crippen molar-refractivity contribution in [2.24, 2.45) is 18.0 Å². The Hall–Kier alpha value is -0.870. The summed E-state index contributed by atoms with van der Waals surface area (Å²) in [6.07, 6.45) is 5.29. The fourth-order valence-corrected chi connectivity index (χ4v) is 3.76. The molecule has 2 aliphatic heterocycles. The molecule has 3 heterocycles. The van der Waals surface area contributed by atoms with Gasteiger partial charge in [0, 0.05) is 65.5 Å². The third kappa shape index (κ3) is 5.82. The van der Waals surface area contributed by atoms with Gasteiger partial charge in [0.05, 0.1) is 19.4 Å². The molecule has 148 valence electrons. The van der Waals surface area contributed by atoms with E-state index in [-0.39, 0.29) is 24.0 Å². The number of morpholine rings is 1. The Labute approximate surface area is 174 Å². The second-order valence-corrected chi connectivity index (χ2v) is 7.33. The number of aliphatic imine (C=N–C) groups is 1. The summed E-state index contributed by atoms with van der Waals surface area (Å²) in [7, 11) is 3.86. The van der Waals surface area contributed by atoms with E-state index in [4.69, 9.17) is 4.74 Å². The minimum atomic E-state index is 0. The lowest BCUT2D eigenvalue weighted by molar-refractivity contribution is 0.0320. The quantitative estimate of drug-likeness (QED) is 0.396. The molecular formula is C18H33IN6O. The Morgan fingerprint density at radius 1 is 1.38 bits per heavy atom. The van der Waals surface area contributed by atoms with Crippen LogP contribution in [0.5, 0.6) is 0 Å². The molecule has 0 saturated carbocycles. The van der Waals surface area contributed by atoms with Crippen molar-refractivity contribution in [3.8, 4) is 0 Å². The summed E-state index contributed by atoms with van der Waals surface area (Å²) in [5, 5.41) is 7.88. The van der Waals surface area contributed by atoms with Crippen LogP contribution in [0.2, 0.25) is 0 Å². The maximum atomic E-state index is 5.42. The van der Waals surface area contributed by atoms with Crippen LogP contribution in [0, 0.1) is 5.92 Å². The lowest BCUT2D eigenvalue weighted by Crippen LogP contribution is -2.44. The highest BCUT2D eigenvalue weighted by Crippen LogP contribution is 2.26. The molecule has 2 saturated heterocycles. The smallest absolute Gasteiger partial charge is 0.193 e. The molecule has 8 heteroatoms. The van der Waals surface area contributed by atoms with E-state index in [9.17, 15) is 0 Å². The molecule has 26 heavy (non-hydrogen) atoms. The number of aromatic nitrogens is 2. The topological polar surface area (TPSA) is 57.9 Å². The minimum absolute atomic E-state index is 0. The fourth-order valence-electron chi connectivity index (χ4n) is 3.76. The Morgan fingerprint density at radius 2 is 2.15 bits per heavy atom. The van der Waals surface area contributed by atoms with Crippen molar-refractivity contribution in [3.63, 3.8) is 0 Å². The first-order valence-corrected chi connectivity index (χ1v) is 9.40. The van der Waals surface area contributed by atoms with Gasteiger partial charge in [-0.05, 0) is 17.9 Å². The first-order chi connectivity index (χ1) is 12.2. The van der Waals surface area contributed by atoms with E-state index in [0.717, 1.165) is 64.9 Å². The van der Waals surface area contributed by atoms with E-state index in [1.165, 1.54) is 5.56 Å². The van der Waals surface area contributed by atoms with Crippen molar-refractivity contribution >= 4 is 29.9 Å². The van der Waals surface area contributed by atoms with Crippen molar-refractivity contribution in [3.05, 3.63) is 18.0 Å². The first kappa shape index (κ1) is 21.4. The van der Waals surface area contributed by atoms with Crippen LogP contribution < -0.4 is 5.32 Å². The Morgan fingerprint density at radius 3 is 2.81 bits per heavy atom. The summed E-state index contributed by atoms with van der Waals surface area (Å²) in [5.41, 5.74) is 1.33. The lowest BCUT2D eigenvalue weighted by atomic mass is 10.0. The van der Waals surface area contributed by atoms with Gasteiger partial charge in [-0.2, -0.15) is 5.10 Å². The normalized spacial score (nSPS) is 23.0. The fraction of sp³-hybridized carbons (Fsp3) is 0.778. The minimum Gasteiger partial charge on any atom is -0.379 e. The van der Waals surface area contributed by atoms with E-state index >= 15 is 0 Å². The van der Waals surface area contributed by atoms with Gasteiger partial charge in [0.1, 0.15) is 0 Å². The molecule has 2 aliphatic rings. The number of ether oxygens (including phenoxy) is 1. The van der Waals surface area contributed by atoms with Gasteiger partial charge in [-0.25, -0.2) is 0 Å². The molecule has 2 fully saturated rings. The molecule has 1 aromatic heterocycles. The highest BCUT2D eigenvalue weighted by Gasteiger charge is 2.27. The molecular weight excluding hydrogens is 443 g/mol. The number of nitrogens with zero attached hydrogens (tertiary/aromatic N) is 5. The Kier molecular flexibility index (Phi) is 8.62. The van der Waals surface area contributed by atoms with Gasteiger partial charge >= 0.3 is 0 Å². The monoisotopic (exact) mass is 476 g/mol. The molecule has 1 aromatic rings. The van der Waals surface area contributed by atoms with Gasteiger partial charge in [0.25, 0.3) is 0 Å². The van der Waals surface area contributed by atoms with Crippen LogP contribution in [-0.4, -0.2) is 85.1 Å². The van der Waals surface area contributed by atoms with E-state index in [0.29, 0.717) is 11.8 Å². The van der Waals surface area contributed by atoms with Gasteiger partial charge in [-0.15, -0.1) is 24.0 Å². The molecule has 2 atom stereocenters. The van der Waals surface area contributed by atoms with Gasteiger partial charge in [0.15, 0.2) is 5.96 Å². The van der Waals surface area contributed by atoms with E-state index in [1.54, 1.807) is 0 Å². The predicted molar refractivity (Wildman–Crippen MR) is 115 cm³/mol. The van der Waals surface area contributed by atoms with Crippen LogP contribution in [0.15, 0.2) is 17.4 Å². The van der Waals surface area contributed by atoms with Crippen LogP contribution >= 0.6 is 24.0 Å². The van der Waals surface area contributed by atoms with Gasteiger partial charge in [-0.3, -0.25) is 14.6 Å². The predicted octanol–water partition coefficient (Wildman–Crippen LogP) is 1.37. The van der Waals surface area contributed by atoms with Gasteiger partial charge < -0.3 is 15.0 Å². The van der Waals surface area contributed by atoms with Crippen LogP contribution in [0.25, 0.3) is 0 Å². The Bertz CT molecular complexity index is 572. The maximum absolute atomic E-state index is 5.42. The highest BCUT2D eigenvalue weighted by atomic mass is 127. The Balaban J connectivity index is 0.00000243. The van der Waals surface area contributed by atoms with Crippen molar-refractivity contribution in [2.45, 2.75) is 19.3 Å². The van der Waals surface area contributed by atoms with Crippen LogP contribution in [-0.2, 0) is 11.8 Å². The summed E-state index contributed by atoms with van der Waals surface area (Å²) in [5.74, 6) is 2.17. The number of hydrogen-bond acceptors (Lipinski definition) is 4. The molecule has 3 rings (SSSR count). The van der Waals surface area contributed by atoms with Crippen molar-refractivity contribution in [1.29, 1.82) is 0 Å². The molecule has 0 radical (unpaired) electrons. The number of aryl methyl sites for hydroxylation is 1. The number of rotatable bonds is 5. The number of guanidine groups is 1. The summed E-state index contributed by atoms with van der Waals surface area (Å²) in [6.45, 7) is 10.3. The SMILES string of the molecule is CN=C(NCC(C)CN1CCOCC1)N1CCC(c2cnn(C)c2)C1.I.